The molecule has 2 heterocycles. The van der Waals surface area contributed by atoms with Crippen LogP contribution in [0, 0.1) is 0 Å². The third-order valence-corrected chi connectivity index (χ3v) is 20.8. The van der Waals surface area contributed by atoms with Gasteiger partial charge in [0.1, 0.15) is 78.3 Å². The number of rotatable bonds is 26. The van der Waals surface area contributed by atoms with E-state index in [1.165, 1.54) is 6.92 Å². The Morgan fingerprint density at radius 1 is 0.470 bits per heavy atom. The van der Waals surface area contributed by atoms with Crippen molar-refractivity contribution < 1.29 is 92.3 Å². The number of benzene rings is 4. The molecule has 24 N–H and O–H groups in total. The lowest BCUT2D eigenvalue weighted by Gasteiger charge is -2.29. The first-order valence-corrected chi connectivity index (χ1v) is 40.1. The first-order chi connectivity index (χ1) is 54.9. The molecule has 36 nitrogen and oxygen atoms in total. The van der Waals surface area contributed by atoms with Gasteiger partial charge in [-0.25, -0.2) is 4.79 Å². The molecular weight excluding hydrogens is 1530 g/mol. The summed E-state index contributed by atoms with van der Waals surface area (Å²) in [5.41, 5.74) is 20.0. The molecule has 1 saturated heterocycles. The van der Waals surface area contributed by atoms with E-state index in [0.717, 1.165) is 42.4 Å². The van der Waals surface area contributed by atoms with Gasteiger partial charge in [-0.1, -0.05) is 131 Å². The molecule has 115 heavy (non-hydrogen) atoms. The van der Waals surface area contributed by atoms with Crippen molar-refractivity contribution in [2.45, 2.75) is 189 Å². The number of aromatic amines is 1. The second-order valence-electron chi connectivity index (χ2n) is 27.8. The van der Waals surface area contributed by atoms with Crippen molar-refractivity contribution >= 4 is 121 Å². The number of carboxylic acids is 1. The number of hydrogen-bond acceptors (Lipinski definition) is 23. The number of aliphatic hydroxyl groups is 3. The monoisotopic (exact) mass is 1640 g/mol. The fourth-order valence-corrected chi connectivity index (χ4v) is 14.4. The number of carboxylic acid groups (broad SMARTS) is 1. The number of aliphatic hydroxyl groups excluding tert-OH is 3. The maximum Gasteiger partial charge on any atom is 0.327 e. The Morgan fingerprint density at radius 2 is 0.852 bits per heavy atom. The summed E-state index contributed by atoms with van der Waals surface area (Å²) in [6.07, 6.45) is -3.08. The second kappa shape index (κ2) is 47.7. The highest BCUT2D eigenvalue weighted by atomic mass is 33.1. The van der Waals surface area contributed by atoms with Gasteiger partial charge in [-0.05, 0) is 108 Å². The van der Waals surface area contributed by atoms with Gasteiger partial charge in [0.05, 0.1) is 31.4 Å². The summed E-state index contributed by atoms with van der Waals surface area (Å²) in [6, 6.07) is 10.1. The van der Waals surface area contributed by atoms with Crippen molar-refractivity contribution in [2.75, 3.05) is 37.7 Å². The van der Waals surface area contributed by atoms with Crippen LogP contribution in [-0.2, 0) is 97.6 Å². The lowest BCUT2D eigenvalue weighted by atomic mass is 10.00. The Balaban J connectivity index is 1.47. The average molecular weight is 1640 g/mol. The first-order valence-electron chi connectivity index (χ1n) is 37.6. The van der Waals surface area contributed by atoms with Crippen LogP contribution in [0.15, 0.2) is 121 Å². The van der Waals surface area contributed by atoms with E-state index in [4.69, 9.17) is 17.2 Å². The number of amides is 13. The molecule has 1 aliphatic heterocycles. The minimum Gasteiger partial charge on any atom is -0.480 e. The van der Waals surface area contributed by atoms with Crippen LogP contribution in [0.1, 0.15) is 94.9 Å². The smallest absolute Gasteiger partial charge is 0.327 e. The summed E-state index contributed by atoms with van der Waals surface area (Å²) in [6.45, 7) is 3.06. The predicted molar refractivity (Wildman–Crippen MR) is 426 cm³/mol. The molecule has 0 spiro atoms. The molecule has 0 radical (unpaired) electrons. The van der Waals surface area contributed by atoms with Crippen LogP contribution in [0.2, 0.25) is 0 Å². The van der Waals surface area contributed by atoms with Crippen LogP contribution in [0.4, 0.5) is 0 Å². The molecule has 5 aromatic rings. The van der Waals surface area contributed by atoms with Crippen molar-refractivity contribution in [3.05, 3.63) is 144 Å². The molecule has 0 bridgehead atoms. The second-order valence-corrected chi connectivity index (χ2v) is 30.4. The topological polar surface area (TPSA) is 587 Å². The Kier molecular flexibility index (Phi) is 38.6. The van der Waals surface area contributed by atoms with Crippen LogP contribution in [-0.4, -0.2) is 242 Å². The van der Waals surface area contributed by atoms with E-state index >= 15 is 14.4 Å². The van der Waals surface area contributed by atoms with Crippen molar-refractivity contribution in [2.24, 2.45) is 17.2 Å². The lowest BCUT2D eigenvalue weighted by molar-refractivity contribution is -0.142. The number of Topliss-reactive ketones (excluding diaryl/α,β-unsaturated/α-hetero) is 1. The summed E-state index contributed by atoms with van der Waals surface area (Å²) in [4.78, 5) is 217. The largest absolute Gasteiger partial charge is 0.480 e. The number of para-hydroxylation sites is 1. The molecule has 0 saturated carbocycles. The van der Waals surface area contributed by atoms with Gasteiger partial charge in [0, 0.05) is 60.7 Å². The number of aliphatic carboxylic acids is 1. The highest BCUT2D eigenvalue weighted by molar-refractivity contribution is 8.76. The fraction of sp³-hybridized carbons (Fsp3) is 0.468. The maximum absolute atomic E-state index is 15.4. The third kappa shape index (κ3) is 30.8. The zero-order chi connectivity index (χ0) is 84.3. The molecule has 1 aromatic heterocycles. The van der Waals surface area contributed by atoms with Crippen LogP contribution in [0.3, 0.4) is 0 Å². The van der Waals surface area contributed by atoms with Crippen LogP contribution in [0.25, 0.3) is 10.9 Å². The van der Waals surface area contributed by atoms with Crippen molar-refractivity contribution in [1.82, 2.24) is 74.1 Å². The number of H-pyrrole nitrogens is 1. The van der Waals surface area contributed by atoms with Gasteiger partial charge in [0.15, 0.2) is 0 Å². The number of nitrogens with two attached hydrogens (primary N) is 3. The third-order valence-electron chi connectivity index (χ3n) is 18.4. The molecule has 4 aromatic carbocycles. The van der Waals surface area contributed by atoms with Gasteiger partial charge in [-0.15, -0.1) is 0 Å². The molecule has 6 rings (SSSR count). The molecule has 0 unspecified atom stereocenters. The summed E-state index contributed by atoms with van der Waals surface area (Å²) >= 11 is 0. The molecule has 38 heteroatoms. The van der Waals surface area contributed by atoms with E-state index < -0.39 is 210 Å². The van der Waals surface area contributed by atoms with Gasteiger partial charge in [-0.3, -0.25) is 67.1 Å². The van der Waals surface area contributed by atoms with Crippen molar-refractivity contribution in [1.29, 1.82) is 0 Å². The molecule has 1 fully saturated rings. The zero-order valence-electron chi connectivity index (χ0n) is 64.2. The zero-order valence-corrected chi connectivity index (χ0v) is 65.8. The molecular formula is C77H105N17O19S2. The summed E-state index contributed by atoms with van der Waals surface area (Å²) in [5.74, 6) is -16.9. The van der Waals surface area contributed by atoms with Gasteiger partial charge < -0.3 is 112 Å². The number of fused-ring (bicyclic) bond motifs is 1. The fourth-order valence-electron chi connectivity index (χ4n) is 12.0. The van der Waals surface area contributed by atoms with Crippen molar-refractivity contribution in [3.63, 3.8) is 0 Å². The molecule has 0 aliphatic carbocycles. The highest BCUT2D eigenvalue weighted by Crippen LogP contribution is 2.25. The van der Waals surface area contributed by atoms with Crippen LogP contribution in [0.5, 0.6) is 0 Å². The SMILES string of the molecule is CC(=O)C[C@@H]1NC(=O)[C@H](CCCCN)NC(=O)[C@@H](NC(=O)CNC(=O)[C@H](C)N)CSSC[C@@H](C(=O)O)NC(=O)[C@H](CO)NC(=O)[C@H]([C@@H](C)O)NC(=O)[C@H](Cc2ccccc2)NC(=O)[C@H]([C@@H](C)O)NC(=O)[C@H](CCCCN)NC(=O)[C@H](Cc2c[nH]c3ccccc23)NC(=O)[C@H](Cc2ccccc2)NC(=O)[C@H](Cc2ccccc2)NC1=O. The normalized spacial score (nSPS) is 23.8. The van der Waals surface area contributed by atoms with Crippen LogP contribution >= 0.6 is 21.6 Å². The number of aromatic nitrogens is 1. The van der Waals surface area contributed by atoms with Crippen LogP contribution < -0.4 is 86.3 Å². The van der Waals surface area contributed by atoms with E-state index in [2.05, 4.69) is 74.1 Å². The lowest BCUT2D eigenvalue weighted by Crippen LogP contribution is -2.63. The predicted octanol–water partition coefficient (Wildman–Crippen LogP) is -3.81. The number of carbonyl (C=O) groups is 15. The summed E-state index contributed by atoms with van der Waals surface area (Å²) < 4.78 is 0. The van der Waals surface area contributed by atoms with Gasteiger partial charge >= 0.3 is 5.97 Å². The Bertz CT molecular complexity index is 4130. The maximum atomic E-state index is 15.4. The van der Waals surface area contributed by atoms with E-state index in [1.54, 1.807) is 121 Å². The van der Waals surface area contributed by atoms with E-state index in [0.29, 0.717) is 46.0 Å². The van der Waals surface area contributed by atoms with E-state index in [-0.39, 0.29) is 64.5 Å². The highest BCUT2D eigenvalue weighted by Gasteiger charge is 2.40. The standard InChI is InChI=1S/C77H105N17O19S2/c1-42(96)32-54-68(103)87-55(33-46-20-8-5-9-21-46)69(104)88-56(34-47-22-10-6-11-23-47)70(105)89-58(36-49-37-81-51-27-15-14-26-50(49)51)71(106)84-53(29-17-19-31-79)67(102)93-63(44(3)97)75(110)90-57(35-48-24-12-7-13-25-48)72(107)94-64(45(4)98)76(111)91-59(39-95)73(108)92-61(77(112)113)41-115-114-40-60(83-62(99)38-82-65(100)43(2)80)74(109)85-52(66(101)86-54)28-16-18-30-78/h5-15,20-27,37,43-45,52-61,63-64,81,95,97-98H,16-19,28-36,38-41,78-80H2,1-4H3,(H,82,100)(H,83,99)(H,84,106)(H,85,109)(H,86,101)(H,87,103)(H,88,104)(H,89,105)(H,90,110)(H,91,111)(H,92,108)(H,93,102)(H,94,107)(H,112,113)/t43-,44+,45+,52-,53-,54-,55-,56-,57-,58-,59-,60-,61-,63-,64-/m0/s1. The summed E-state index contributed by atoms with van der Waals surface area (Å²) in [7, 11) is 1.52. The minimum absolute atomic E-state index is 0.120. The number of carbonyl (C=O) groups excluding carboxylic acids is 14. The summed E-state index contributed by atoms with van der Waals surface area (Å²) in [5, 5.41) is 76.4. The number of unbranched alkanes of at least 4 members (excludes halogenated alkanes) is 2. The molecule has 15 atom stereocenters. The number of hydrogen-bond donors (Lipinski definition) is 21. The minimum atomic E-state index is -1.98. The Hall–Kier alpha value is -10.9. The van der Waals surface area contributed by atoms with E-state index in [1.807, 2.05) is 0 Å². The molecule has 13 amide bonds. The van der Waals surface area contributed by atoms with E-state index in [9.17, 15) is 78.0 Å². The Labute approximate surface area is 672 Å². The van der Waals surface area contributed by atoms with Crippen molar-refractivity contribution in [3.8, 4) is 0 Å². The number of nitrogens with one attached hydrogen (secondary N) is 14. The van der Waals surface area contributed by atoms with Gasteiger partial charge in [0.2, 0.25) is 76.8 Å². The number of ketones is 1. The molecule has 1 aliphatic rings. The van der Waals surface area contributed by atoms with Gasteiger partial charge in [-0.2, -0.15) is 0 Å². The first kappa shape index (κ1) is 93.0. The Morgan fingerprint density at radius 3 is 1.30 bits per heavy atom. The quantitative estimate of drug-likeness (QED) is 0.0186. The average Bonchev–Trinajstić information content (AvgIpc) is 1.56. The molecule has 624 valence electrons. The van der Waals surface area contributed by atoms with Gasteiger partial charge in [0.25, 0.3) is 0 Å².